The van der Waals surface area contributed by atoms with E-state index in [-0.39, 0.29) is 6.04 Å². The Hall–Kier alpha value is -2.63. The van der Waals surface area contributed by atoms with Gasteiger partial charge in [-0.3, -0.25) is 0 Å². The first-order valence-corrected chi connectivity index (χ1v) is 10.3. The van der Waals surface area contributed by atoms with E-state index in [1.165, 1.54) is 5.56 Å². The summed E-state index contributed by atoms with van der Waals surface area (Å²) in [5.41, 5.74) is 5.20. The molecule has 2 N–H and O–H groups in total. The molecule has 5 nitrogen and oxygen atoms in total. The lowest BCUT2D eigenvalue weighted by Crippen LogP contribution is -2.26. The largest absolute Gasteiger partial charge is 0.341 e. The minimum atomic E-state index is 0.0929. The lowest BCUT2D eigenvalue weighted by molar-refractivity contribution is 0.395. The number of rotatable bonds is 7. The zero-order chi connectivity index (χ0) is 20.4. The van der Waals surface area contributed by atoms with Gasteiger partial charge in [0.2, 0.25) is 0 Å². The van der Waals surface area contributed by atoms with Crippen LogP contribution in [0.4, 0.5) is 0 Å². The average molecular weight is 408 g/mol. The van der Waals surface area contributed by atoms with Crippen molar-refractivity contribution in [3.05, 3.63) is 82.4 Å². The fraction of sp³-hybridized carbons (Fsp3) is 0.304. The van der Waals surface area contributed by atoms with Crippen LogP contribution < -0.4 is 5.32 Å². The molecule has 0 spiro atoms. The summed E-state index contributed by atoms with van der Waals surface area (Å²) in [5, 5.41) is 8.98. The van der Waals surface area contributed by atoms with E-state index in [1.54, 1.807) is 0 Å². The average Bonchev–Trinajstić information content (AvgIpc) is 3.24. The van der Waals surface area contributed by atoms with Crippen molar-refractivity contribution in [2.75, 3.05) is 0 Å². The Labute approximate surface area is 176 Å². The second-order valence-electron chi connectivity index (χ2n) is 7.74. The van der Waals surface area contributed by atoms with Gasteiger partial charge in [-0.2, -0.15) is 5.10 Å². The van der Waals surface area contributed by atoms with Crippen LogP contribution in [0.3, 0.4) is 0 Å². The van der Waals surface area contributed by atoms with Gasteiger partial charge in [0.05, 0.1) is 29.3 Å². The minimum Gasteiger partial charge on any atom is -0.341 e. The highest BCUT2D eigenvalue weighted by Gasteiger charge is 2.21. The summed E-state index contributed by atoms with van der Waals surface area (Å²) < 4.78 is 1.87. The third-order valence-electron chi connectivity index (χ3n) is 5.23. The van der Waals surface area contributed by atoms with Crippen molar-refractivity contribution < 1.29 is 0 Å². The zero-order valence-corrected chi connectivity index (χ0v) is 17.7. The van der Waals surface area contributed by atoms with Gasteiger partial charge < -0.3 is 10.3 Å². The van der Waals surface area contributed by atoms with Crippen LogP contribution in [0.15, 0.2) is 54.6 Å². The number of benzene rings is 2. The van der Waals surface area contributed by atoms with Crippen LogP contribution in [0.2, 0.25) is 5.15 Å². The van der Waals surface area contributed by atoms with E-state index in [4.69, 9.17) is 16.6 Å². The SMILES string of the molecule is Cc1nn(Cc2ccccc2)c(Cl)c1CN[C@H](c1nc2ccccc2[nH]1)C(C)C. The number of imidazole rings is 1. The third kappa shape index (κ3) is 4.21. The highest BCUT2D eigenvalue weighted by Crippen LogP contribution is 2.25. The Balaban J connectivity index is 1.53. The summed E-state index contributed by atoms with van der Waals surface area (Å²) in [4.78, 5) is 8.23. The first-order chi connectivity index (χ1) is 14.0. The summed E-state index contributed by atoms with van der Waals surface area (Å²) in [6.07, 6.45) is 0. The van der Waals surface area contributed by atoms with Gasteiger partial charge in [0.1, 0.15) is 11.0 Å². The maximum absolute atomic E-state index is 6.69. The Morgan fingerprint density at radius 3 is 2.52 bits per heavy atom. The molecule has 0 aliphatic carbocycles. The number of aromatic amines is 1. The molecule has 0 fully saturated rings. The summed E-state index contributed by atoms with van der Waals surface area (Å²) in [5.74, 6) is 1.32. The van der Waals surface area contributed by atoms with Gasteiger partial charge >= 0.3 is 0 Å². The van der Waals surface area contributed by atoms with Crippen LogP contribution in [0, 0.1) is 12.8 Å². The standard InChI is InChI=1S/C23H26ClN5/c1-15(2)21(23-26-19-11-7-8-12-20(19)27-23)25-13-18-16(3)28-29(22(18)24)14-17-9-5-4-6-10-17/h4-12,15,21,25H,13-14H2,1-3H3,(H,26,27)/t21-/m0/s1. The van der Waals surface area contributed by atoms with Crippen LogP contribution in [0.25, 0.3) is 11.0 Å². The second kappa shape index (κ2) is 8.39. The van der Waals surface area contributed by atoms with E-state index in [2.05, 4.69) is 47.4 Å². The van der Waals surface area contributed by atoms with Gasteiger partial charge in [0, 0.05) is 12.1 Å². The molecule has 2 heterocycles. The lowest BCUT2D eigenvalue weighted by Gasteiger charge is -2.20. The minimum absolute atomic E-state index is 0.0929. The van der Waals surface area contributed by atoms with Crippen molar-refractivity contribution in [2.24, 2.45) is 5.92 Å². The molecule has 0 aliphatic heterocycles. The fourth-order valence-corrected chi connectivity index (χ4v) is 3.93. The van der Waals surface area contributed by atoms with E-state index >= 15 is 0 Å². The molecular weight excluding hydrogens is 382 g/mol. The van der Waals surface area contributed by atoms with Crippen molar-refractivity contribution in [1.82, 2.24) is 25.1 Å². The highest BCUT2D eigenvalue weighted by atomic mass is 35.5. The molecule has 4 aromatic rings. The molecule has 0 aliphatic rings. The quantitative estimate of drug-likeness (QED) is 0.439. The Morgan fingerprint density at radius 2 is 1.79 bits per heavy atom. The number of para-hydroxylation sites is 2. The first-order valence-electron chi connectivity index (χ1n) is 9.96. The molecule has 150 valence electrons. The molecule has 2 aromatic heterocycles. The monoisotopic (exact) mass is 407 g/mol. The van der Waals surface area contributed by atoms with Gasteiger partial charge in [-0.05, 0) is 30.5 Å². The molecule has 0 unspecified atom stereocenters. The van der Waals surface area contributed by atoms with Crippen LogP contribution in [-0.4, -0.2) is 19.7 Å². The molecule has 0 amide bonds. The molecule has 29 heavy (non-hydrogen) atoms. The summed E-state index contributed by atoms with van der Waals surface area (Å²) in [6, 6.07) is 18.4. The van der Waals surface area contributed by atoms with E-state index in [0.717, 1.165) is 28.1 Å². The van der Waals surface area contributed by atoms with Crippen LogP contribution in [0.5, 0.6) is 0 Å². The predicted octanol–water partition coefficient (Wildman–Crippen LogP) is 5.26. The van der Waals surface area contributed by atoms with E-state index in [9.17, 15) is 0 Å². The molecule has 0 bridgehead atoms. The molecule has 4 rings (SSSR count). The number of nitrogens with one attached hydrogen (secondary N) is 2. The maximum Gasteiger partial charge on any atom is 0.132 e. The number of aryl methyl sites for hydroxylation is 1. The number of hydrogen-bond acceptors (Lipinski definition) is 3. The van der Waals surface area contributed by atoms with Gasteiger partial charge in [-0.25, -0.2) is 9.67 Å². The second-order valence-corrected chi connectivity index (χ2v) is 8.10. The molecule has 0 radical (unpaired) electrons. The van der Waals surface area contributed by atoms with Crippen LogP contribution >= 0.6 is 11.6 Å². The lowest BCUT2D eigenvalue weighted by atomic mass is 10.0. The van der Waals surface area contributed by atoms with Crippen LogP contribution in [0.1, 0.15) is 42.5 Å². The fourth-order valence-electron chi connectivity index (χ4n) is 3.63. The number of halogens is 1. The topological polar surface area (TPSA) is 58.5 Å². The Bertz CT molecular complexity index is 1060. The third-order valence-corrected chi connectivity index (χ3v) is 5.65. The van der Waals surface area contributed by atoms with E-state index < -0.39 is 0 Å². The van der Waals surface area contributed by atoms with E-state index in [1.807, 2.05) is 48.0 Å². The van der Waals surface area contributed by atoms with Crippen molar-refractivity contribution in [3.63, 3.8) is 0 Å². The summed E-state index contributed by atoms with van der Waals surface area (Å²) in [6.45, 7) is 7.70. The molecular formula is C23H26ClN5. The normalized spacial score (nSPS) is 12.7. The predicted molar refractivity (Wildman–Crippen MR) is 118 cm³/mol. The van der Waals surface area contributed by atoms with Gasteiger partial charge in [0.25, 0.3) is 0 Å². The maximum atomic E-state index is 6.69. The molecule has 6 heteroatoms. The van der Waals surface area contributed by atoms with Crippen molar-refractivity contribution >= 4 is 22.6 Å². The van der Waals surface area contributed by atoms with Crippen molar-refractivity contribution in [1.29, 1.82) is 0 Å². The van der Waals surface area contributed by atoms with Gasteiger partial charge in [-0.1, -0.05) is 67.9 Å². The van der Waals surface area contributed by atoms with Gasteiger partial charge in [0.15, 0.2) is 0 Å². The molecule has 1 atom stereocenters. The Morgan fingerprint density at radius 1 is 1.07 bits per heavy atom. The molecule has 2 aromatic carbocycles. The van der Waals surface area contributed by atoms with Crippen molar-refractivity contribution in [2.45, 2.75) is 39.9 Å². The highest BCUT2D eigenvalue weighted by molar-refractivity contribution is 6.30. The van der Waals surface area contributed by atoms with E-state index in [0.29, 0.717) is 24.2 Å². The Kier molecular flexibility index (Phi) is 5.69. The number of hydrogen-bond donors (Lipinski definition) is 2. The zero-order valence-electron chi connectivity index (χ0n) is 17.0. The summed E-state index contributed by atoms with van der Waals surface area (Å²) in [7, 11) is 0. The van der Waals surface area contributed by atoms with Crippen LogP contribution in [-0.2, 0) is 13.1 Å². The smallest absolute Gasteiger partial charge is 0.132 e. The number of fused-ring (bicyclic) bond motifs is 1. The first kappa shape index (κ1) is 19.7. The number of H-pyrrole nitrogens is 1. The number of aromatic nitrogens is 4. The van der Waals surface area contributed by atoms with Crippen molar-refractivity contribution in [3.8, 4) is 0 Å². The van der Waals surface area contributed by atoms with Gasteiger partial charge in [-0.15, -0.1) is 0 Å². The number of nitrogens with zero attached hydrogens (tertiary/aromatic N) is 3. The summed E-state index contributed by atoms with van der Waals surface area (Å²) >= 11 is 6.69. The molecule has 0 saturated heterocycles. The molecule has 0 saturated carbocycles.